The Morgan fingerprint density at radius 2 is 2.20 bits per heavy atom. The molecule has 0 saturated carbocycles. The molecule has 0 aliphatic heterocycles. The third kappa shape index (κ3) is 1.61. The topological polar surface area (TPSA) is 56.0 Å². The Morgan fingerprint density at radius 1 is 1.47 bits per heavy atom. The smallest absolute Gasteiger partial charge is 0.258 e. The minimum Gasteiger partial charge on any atom is -0.258 e. The lowest BCUT2D eigenvalue weighted by Crippen LogP contribution is -1.94. The first kappa shape index (κ1) is 9.79. The van der Waals surface area contributed by atoms with E-state index >= 15 is 0 Å². The molecule has 2 aromatic rings. The second kappa shape index (κ2) is 3.43. The largest absolute Gasteiger partial charge is 0.312 e. The molecule has 0 N–H and O–H groups in total. The number of hydrogen-bond acceptors (Lipinski definition) is 3. The van der Waals surface area contributed by atoms with Crippen LogP contribution in [0.15, 0.2) is 24.4 Å². The fourth-order valence-corrected chi connectivity index (χ4v) is 1.49. The summed E-state index contributed by atoms with van der Waals surface area (Å²) >= 11 is 5.59. The van der Waals surface area contributed by atoms with Crippen molar-refractivity contribution in [1.82, 2.24) is 4.98 Å². The molecule has 1 heterocycles. The molecule has 0 saturated heterocycles. The predicted octanol–water partition coefficient (Wildman–Crippen LogP) is 2.94. The van der Waals surface area contributed by atoms with Crippen LogP contribution in [0.25, 0.3) is 10.8 Å². The van der Waals surface area contributed by atoms with Crippen LogP contribution in [-0.2, 0) is 0 Å². The van der Waals surface area contributed by atoms with Gasteiger partial charge in [0, 0.05) is 11.6 Å². The first-order valence-electron chi connectivity index (χ1n) is 3.98. The lowest BCUT2D eigenvalue weighted by Gasteiger charge is -2.00. The number of aromatic nitrogens is 1. The van der Waals surface area contributed by atoms with Gasteiger partial charge in [0.2, 0.25) is 5.82 Å². The highest BCUT2D eigenvalue weighted by atomic mass is 35.5. The Morgan fingerprint density at radius 3 is 2.87 bits per heavy atom. The highest BCUT2D eigenvalue weighted by Crippen LogP contribution is 2.29. The fourth-order valence-electron chi connectivity index (χ4n) is 1.33. The van der Waals surface area contributed by atoms with Gasteiger partial charge in [-0.15, -0.1) is 0 Å². The highest BCUT2D eigenvalue weighted by molar-refractivity contribution is 6.30. The van der Waals surface area contributed by atoms with Crippen LogP contribution in [0.5, 0.6) is 0 Å². The number of nitro benzene ring substituents is 1. The zero-order valence-corrected chi connectivity index (χ0v) is 8.03. The summed E-state index contributed by atoms with van der Waals surface area (Å²) in [6.45, 7) is 0. The van der Waals surface area contributed by atoms with E-state index in [9.17, 15) is 14.5 Å². The summed E-state index contributed by atoms with van der Waals surface area (Å²) in [6.07, 6.45) is 1.37. The van der Waals surface area contributed by atoms with Crippen molar-refractivity contribution in [2.24, 2.45) is 0 Å². The van der Waals surface area contributed by atoms with Crippen LogP contribution >= 0.6 is 11.6 Å². The molecular weight excluding hydrogens is 223 g/mol. The van der Waals surface area contributed by atoms with Crippen molar-refractivity contribution < 1.29 is 9.31 Å². The molecular formula is C9H4ClFN2O2. The molecule has 0 amide bonds. The zero-order valence-electron chi connectivity index (χ0n) is 7.28. The van der Waals surface area contributed by atoms with Crippen LogP contribution in [0.4, 0.5) is 10.1 Å². The van der Waals surface area contributed by atoms with E-state index in [1.807, 2.05) is 0 Å². The summed E-state index contributed by atoms with van der Waals surface area (Å²) < 4.78 is 13.2. The number of hydrogen-bond donors (Lipinski definition) is 0. The Hall–Kier alpha value is -1.75. The number of pyridine rings is 1. The van der Waals surface area contributed by atoms with Gasteiger partial charge in [-0.3, -0.25) is 10.1 Å². The van der Waals surface area contributed by atoms with E-state index in [0.29, 0.717) is 5.39 Å². The van der Waals surface area contributed by atoms with Crippen LogP contribution in [0.3, 0.4) is 0 Å². The van der Waals surface area contributed by atoms with Gasteiger partial charge in [0.15, 0.2) is 0 Å². The number of rotatable bonds is 1. The van der Waals surface area contributed by atoms with Crippen molar-refractivity contribution in [3.05, 3.63) is 45.5 Å². The first-order chi connectivity index (χ1) is 7.09. The third-order valence-corrected chi connectivity index (χ3v) is 2.18. The predicted molar refractivity (Wildman–Crippen MR) is 53.4 cm³/mol. The molecule has 0 bridgehead atoms. The van der Waals surface area contributed by atoms with Crippen molar-refractivity contribution in [2.75, 3.05) is 0 Å². The lowest BCUT2D eigenvalue weighted by molar-refractivity contribution is -0.385. The van der Waals surface area contributed by atoms with Gasteiger partial charge in [0.1, 0.15) is 5.15 Å². The summed E-state index contributed by atoms with van der Waals surface area (Å²) in [6, 6.07) is 3.73. The van der Waals surface area contributed by atoms with Gasteiger partial charge in [0.05, 0.1) is 10.3 Å². The van der Waals surface area contributed by atoms with Crippen molar-refractivity contribution in [1.29, 1.82) is 0 Å². The van der Waals surface area contributed by atoms with Crippen LogP contribution in [-0.4, -0.2) is 9.91 Å². The van der Waals surface area contributed by atoms with E-state index in [-0.39, 0.29) is 10.5 Å². The summed E-state index contributed by atoms with van der Waals surface area (Å²) in [5, 5.41) is 11.4. The van der Waals surface area contributed by atoms with Crippen molar-refractivity contribution in [3.63, 3.8) is 0 Å². The SMILES string of the molecule is O=[N+]([O-])c1c(F)ccc2cnc(Cl)cc12. The van der Waals surface area contributed by atoms with Crippen molar-refractivity contribution in [2.45, 2.75) is 0 Å². The molecule has 1 aromatic heterocycles. The molecule has 0 aliphatic carbocycles. The van der Waals surface area contributed by atoms with Gasteiger partial charge in [-0.05, 0) is 18.2 Å². The molecule has 0 radical (unpaired) electrons. The Bertz CT molecular complexity index is 554. The van der Waals surface area contributed by atoms with Crippen LogP contribution in [0.1, 0.15) is 0 Å². The van der Waals surface area contributed by atoms with Crippen LogP contribution in [0, 0.1) is 15.9 Å². The molecule has 76 valence electrons. The van der Waals surface area contributed by atoms with Crippen LogP contribution in [0.2, 0.25) is 5.15 Å². The van der Waals surface area contributed by atoms with Gasteiger partial charge in [0.25, 0.3) is 0 Å². The Kier molecular flexibility index (Phi) is 2.24. The van der Waals surface area contributed by atoms with Gasteiger partial charge >= 0.3 is 5.69 Å². The molecule has 0 spiro atoms. The number of nitro groups is 1. The molecule has 0 aliphatic rings. The molecule has 0 unspecified atom stereocenters. The van der Waals surface area contributed by atoms with Crippen molar-refractivity contribution in [3.8, 4) is 0 Å². The summed E-state index contributed by atoms with van der Waals surface area (Å²) in [7, 11) is 0. The zero-order chi connectivity index (χ0) is 11.0. The summed E-state index contributed by atoms with van der Waals surface area (Å²) in [4.78, 5) is 13.6. The standard InChI is InChI=1S/C9H4ClFN2O2/c10-8-3-6-5(4-12-8)1-2-7(11)9(6)13(14)15/h1-4H. The van der Waals surface area contributed by atoms with Gasteiger partial charge in [-0.25, -0.2) is 4.98 Å². The second-order valence-electron chi connectivity index (χ2n) is 2.88. The molecule has 15 heavy (non-hydrogen) atoms. The van der Waals surface area contributed by atoms with E-state index in [1.54, 1.807) is 0 Å². The number of nitrogens with zero attached hydrogens (tertiary/aromatic N) is 2. The maximum atomic E-state index is 13.2. The molecule has 2 rings (SSSR count). The monoisotopic (exact) mass is 226 g/mol. The molecule has 6 heteroatoms. The minimum atomic E-state index is -0.880. The quantitative estimate of drug-likeness (QED) is 0.427. The van der Waals surface area contributed by atoms with Gasteiger partial charge in [-0.2, -0.15) is 4.39 Å². The van der Waals surface area contributed by atoms with E-state index in [2.05, 4.69) is 4.98 Å². The Labute approximate surface area is 88.5 Å². The average Bonchev–Trinajstić information content (AvgIpc) is 2.16. The first-order valence-corrected chi connectivity index (χ1v) is 4.35. The lowest BCUT2D eigenvalue weighted by atomic mass is 10.1. The fraction of sp³-hybridized carbons (Fsp3) is 0. The van der Waals surface area contributed by atoms with Gasteiger partial charge < -0.3 is 0 Å². The number of halogens is 2. The Balaban J connectivity index is 2.90. The summed E-state index contributed by atoms with van der Waals surface area (Å²) in [5.41, 5.74) is -0.572. The van der Waals surface area contributed by atoms with E-state index in [4.69, 9.17) is 11.6 Å². The third-order valence-electron chi connectivity index (χ3n) is 1.97. The second-order valence-corrected chi connectivity index (χ2v) is 3.27. The van der Waals surface area contributed by atoms with E-state index in [0.717, 1.165) is 6.07 Å². The minimum absolute atomic E-state index is 0.0937. The van der Waals surface area contributed by atoms with Gasteiger partial charge in [-0.1, -0.05) is 11.6 Å². The van der Waals surface area contributed by atoms with Crippen LogP contribution < -0.4 is 0 Å². The average molecular weight is 227 g/mol. The molecule has 0 fully saturated rings. The highest BCUT2D eigenvalue weighted by Gasteiger charge is 2.18. The summed E-state index contributed by atoms with van der Waals surface area (Å²) in [5.74, 6) is -0.880. The number of fused-ring (bicyclic) bond motifs is 1. The molecule has 1 aromatic carbocycles. The molecule has 0 atom stereocenters. The maximum Gasteiger partial charge on any atom is 0.312 e. The maximum absolute atomic E-state index is 13.2. The van der Waals surface area contributed by atoms with E-state index in [1.165, 1.54) is 18.3 Å². The normalized spacial score (nSPS) is 10.5. The van der Waals surface area contributed by atoms with E-state index < -0.39 is 16.4 Å². The number of benzene rings is 1. The molecule has 4 nitrogen and oxygen atoms in total. The van der Waals surface area contributed by atoms with Crippen molar-refractivity contribution >= 4 is 28.1 Å².